The SMILES string of the molecule is CCC(CO)NCc1cc(Cl)cc(Cl)c1OCC(N)=O. The molecule has 0 radical (unpaired) electrons. The molecule has 0 bridgehead atoms. The van der Waals surface area contributed by atoms with Gasteiger partial charge in [0.2, 0.25) is 0 Å². The number of carbonyl (C=O) groups is 1. The van der Waals surface area contributed by atoms with Crippen LogP contribution < -0.4 is 15.8 Å². The second-order valence-electron chi connectivity index (χ2n) is 4.30. The average molecular weight is 321 g/mol. The number of nitrogens with two attached hydrogens (primary N) is 1. The molecule has 1 unspecified atom stereocenters. The fourth-order valence-electron chi connectivity index (χ4n) is 1.64. The number of ether oxygens (including phenoxy) is 1. The zero-order valence-corrected chi connectivity index (χ0v) is 12.7. The molecule has 20 heavy (non-hydrogen) atoms. The van der Waals surface area contributed by atoms with E-state index < -0.39 is 5.91 Å². The topological polar surface area (TPSA) is 84.6 Å². The van der Waals surface area contributed by atoms with Crippen LogP contribution in [0.15, 0.2) is 12.1 Å². The predicted molar refractivity (Wildman–Crippen MR) is 79.2 cm³/mol. The zero-order chi connectivity index (χ0) is 15.1. The Morgan fingerprint density at radius 3 is 2.75 bits per heavy atom. The number of rotatable bonds is 8. The number of aliphatic hydroxyl groups excluding tert-OH is 1. The number of hydrogen-bond donors (Lipinski definition) is 3. The zero-order valence-electron chi connectivity index (χ0n) is 11.2. The van der Waals surface area contributed by atoms with Gasteiger partial charge in [-0.25, -0.2) is 0 Å². The van der Waals surface area contributed by atoms with E-state index in [-0.39, 0.29) is 19.3 Å². The summed E-state index contributed by atoms with van der Waals surface area (Å²) in [6.07, 6.45) is 0.780. The van der Waals surface area contributed by atoms with E-state index in [2.05, 4.69) is 5.32 Å². The summed E-state index contributed by atoms with van der Waals surface area (Å²) in [5, 5.41) is 13.1. The third-order valence-electron chi connectivity index (χ3n) is 2.74. The first-order valence-electron chi connectivity index (χ1n) is 6.21. The van der Waals surface area contributed by atoms with Crippen LogP contribution in [0.25, 0.3) is 0 Å². The van der Waals surface area contributed by atoms with Gasteiger partial charge in [0, 0.05) is 23.2 Å². The molecule has 0 aliphatic heterocycles. The van der Waals surface area contributed by atoms with Gasteiger partial charge in [-0.2, -0.15) is 0 Å². The summed E-state index contributed by atoms with van der Waals surface area (Å²) in [5.41, 5.74) is 5.76. The molecule has 1 atom stereocenters. The Labute approximate surface area is 128 Å². The molecule has 7 heteroatoms. The Hall–Kier alpha value is -1.01. The van der Waals surface area contributed by atoms with Crippen LogP contribution in [-0.4, -0.2) is 30.3 Å². The van der Waals surface area contributed by atoms with E-state index in [1.54, 1.807) is 6.07 Å². The average Bonchev–Trinajstić information content (AvgIpc) is 2.38. The molecule has 0 saturated heterocycles. The molecule has 5 nitrogen and oxygen atoms in total. The molecule has 1 rings (SSSR count). The molecule has 1 aromatic rings. The molecule has 4 N–H and O–H groups in total. The van der Waals surface area contributed by atoms with Crippen LogP contribution >= 0.6 is 23.2 Å². The number of carbonyl (C=O) groups excluding carboxylic acids is 1. The molecule has 1 amide bonds. The molecular formula is C13H18Cl2N2O3. The first-order chi connectivity index (χ1) is 9.47. The lowest BCUT2D eigenvalue weighted by atomic mass is 10.1. The van der Waals surface area contributed by atoms with E-state index in [9.17, 15) is 4.79 Å². The Balaban J connectivity index is 2.88. The third-order valence-corrected chi connectivity index (χ3v) is 3.24. The molecule has 0 saturated carbocycles. The summed E-state index contributed by atoms with van der Waals surface area (Å²) >= 11 is 12.0. The highest BCUT2D eigenvalue weighted by Crippen LogP contribution is 2.32. The van der Waals surface area contributed by atoms with Crippen molar-refractivity contribution < 1.29 is 14.6 Å². The summed E-state index contributed by atoms with van der Waals surface area (Å²) in [7, 11) is 0. The highest BCUT2D eigenvalue weighted by atomic mass is 35.5. The fraction of sp³-hybridized carbons (Fsp3) is 0.462. The lowest BCUT2D eigenvalue weighted by Crippen LogP contribution is -2.31. The van der Waals surface area contributed by atoms with Crippen molar-refractivity contribution >= 4 is 29.1 Å². The van der Waals surface area contributed by atoms with Crippen molar-refractivity contribution in [1.82, 2.24) is 5.32 Å². The summed E-state index contributed by atoms with van der Waals surface area (Å²) in [6.45, 7) is 2.14. The van der Waals surface area contributed by atoms with Crippen LogP contribution in [0.4, 0.5) is 0 Å². The summed E-state index contributed by atoms with van der Waals surface area (Å²) in [5.74, 6) is -0.216. The van der Waals surface area contributed by atoms with Crippen molar-refractivity contribution in [2.24, 2.45) is 5.73 Å². The number of primary amides is 1. The summed E-state index contributed by atoms with van der Waals surface area (Å²) < 4.78 is 5.32. The highest BCUT2D eigenvalue weighted by molar-refractivity contribution is 6.35. The van der Waals surface area contributed by atoms with Crippen molar-refractivity contribution in [3.05, 3.63) is 27.7 Å². The molecule has 0 aromatic heterocycles. The van der Waals surface area contributed by atoms with Gasteiger partial charge in [0.1, 0.15) is 5.75 Å². The second kappa shape index (κ2) is 8.32. The summed E-state index contributed by atoms with van der Waals surface area (Å²) in [4.78, 5) is 10.8. The van der Waals surface area contributed by atoms with Gasteiger partial charge >= 0.3 is 0 Å². The largest absolute Gasteiger partial charge is 0.482 e. The van der Waals surface area contributed by atoms with E-state index in [1.165, 1.54) is 6.07 Å². The Bertz CT molecular complexity index is 465. The van der Waals surface area contributed by atoms with E-state index in [4.69, 9.17) is 38.8 Å². The van der Waals surface area contributed by atoms with Crippen LogP contribution in [-0.2, 0) is 11.3 Å². The van der Waals surface area contributed by atoms with E-state index in [0.29, 0.717) is 27.9 Å². The first-order valence-corrected chi connectivity index (χ1v) is 6.96. The number of aliphatic hydroxyl groups is 1. The maximum atomic E-state index is 10.8. The highest BCUT2D eigenvalue weighted by Gasteiger charge is 2.13. The van der Waals surface area contributed by atoms with Crippen molar-refractivity contribution in [1.29, 1.82) is 0 Å². The number of hydrogen-bond acceptors (Lipinski definition) is 4. The number of amides is 1. The van der Waals surface area contributed by atoms with Gasteiger partial charge < -0.3 is 20.9 Å². The van der Waals surface area contributed by atoms with Gasteiger partial charge in [-0.3, -0.25) is 4.79 Å². The van der Waals surface area contributed by atoms with E-state index in [0.717, 1.165) is 6.42 Å². The van der Waals surface area contributed by atoms with Gasteiger partial charge in [0.25, 0.3) is 5.91 Å². The maximum absolute atomic E-state index is 10.8. The maximum Gasteiger partial charge on any atom is 0.255 e. The normalized spacial score (nSPS) is 12.2. The molecule has 0 heterocycles. The molecule has 0 spiro atoms. The molecule has 1 aromatic carbocycles. The molecule has 0 fully saturated rings. The van der Waals surface area contributed by atoms with E-state index in [1.807, 2.05) is 6.92 Å². The lowest BCUT2D eigenvalue weighted by molar-refractivity contribution is -0.119. The van der Waals surface area contributed by atoms with Crippen molar-refractivity contribution in [3.8, 4) is 5.75 Å². The van der Waals surface area contributed by atoms with Crippen molar-refractivity contribution in [3.63, 3.8) is 0 Å². The van der Waals surface area contributed by atoms with Gasteiger partial charge in [0.15, 0.2) is 6.61 Å². The predicted octanol–water partition coefficient (Wildman–Crippen LogP) is 1.72. The van der Waals surface area contributed by atoms with Crippen LogP contribution in [0.5, 0.6) is 5.75 Å². The summed E-state index contributed by atoms with van der Waals surface area (Å²) in [6, 6.07) is 3.20. The van der Waals surface area contributed by atoms with Crippen LogP contribution in [0.3, 0.4) is 0 Å². The fourth-order valence-corrected chi connectivity index (χ4v) is 2.23. The van der Waals surface area contributed by atoms with E-state index >= 15 is 0 Å². The quantitative estimate of drug-likeness (QED) is 0.681. The molecule has 112 valence electrons. The van der Waals surface area contributed by atoms with Crippen LogP contribution in [0.1, 0.15) is 18.9 Å². The monoisotopic (exact) mass is 320 g/mol. The molecular weight excluding hydrogens is 303 g/mol. The molecule has 0 aliphatic rings. The van der Waals surface area contributed by atoms with Gasteiger partial charge in [-0.15, -0.1) is 0 Å². The van der Waals surface area contributed by atoms with Crippen molar-refractivity contribution in [2.75, 3.05) is 13.2 Å². The minimum Gasteiger partial charge on any atom is -0.482 e. The minimum atomic E-state index is -0.586. The van der Waals surface area contributed by atoms with Crippen molar-refractivity contribution in [2.45, 2.75) is 25.9 Å². The smallest absolute Gasteiger partial charge is 0.255 e. The Morgan fingerprint density at radius 2 is 2.20 bits per heavy atom. The Kier molecular flexibility index (Phi) is 7.09. The van der Waals surface area contributed by atoms with Gasteiger partial charge in [0.05, 0.1) is 11.6 Å². The standard InChI is InChI=1S/C13H18Cl2N2O3/c1-2-10(6-18)17-5-8-3-9(14)4-11(15)13(8)20-7-12(16)19/h3-4,10,17-18H,2,5-7H2,1H3,(H2,16,19). The number of benzene rings is 1. The minimum absolute atomic E-state index is 0.0300. The Morgan fingerprint density at radius 1 is 1.50 bits per heavy atom. The second-order valence-corrected chi connectivity index (χ2v) is 5.14. The first kappa shape index (κ1) is 17.0. The number of nitrogens with one attached hydrogen (secondary N) is 1. The van der Waals surface area contributed by atoms with Crippen LogP contribution in [0.2, 0.25) is 10.0 Å². The van der Waals surface area contributed by atoms with Gasteiger partial charge in [-0.1, -0.05) is 30.1 Å². The molecule has 0 aliphatic carbocycles. The number of halogens is 2. The lowest BCUT2D eigenvalue weighted by Gasteiger charge is -2.17. The van der Waals surface area contributed by atoms with Gasteiger partial charge in [-0.05, 0) is 18.6 Å². The van der Waals surface area contributed by atoms with Crippen LogP contribution in [0, 0.1) is 0 Å². The third kappa shape index (κ3) is 5.17.